The van der Waals surface area contributed by atoms with E-state index in [1.165, 1.54) is 58.2 Å². The van der Waals surface area contributed by atoms with Crippen LogP contribution in [0.4, 0.5) is 5.95 Å². The summed E-state index contributed by atoms with van der Waals surface area (Å²) in [6, 6.07) is 1.89. The van der Waals surface area contributed by atoms with E-state index in [1.54, 1.807) is 0 Å². The van der Waals surface area contributed by atoms with Crippen LogP contribution in [0.2, 0.25) is 0 Å². The van der Waals surface area contributed by atoms with Gasteiger partial charge in [0.05, 0.1) is 0 Å². The van der Waals surface area contributed by atoms with Crippen molar-refractivity contribution in [2.75, 3.05) is 37.6 Å². The molecule has 3 fully saturated rings. The molecule has 2 saturated heterocycles. The van der Waals surface area contributed by atoms with Gasteiger partial charge in [-0.15, -0.1) is 0 Å². The van der Waals surface area contributed by atoms with Crippen LogP contribution in [-0.2, 0) is 0 Å². The number of anilines is 1. The highest BCUT2D eigenvalue weighted by Gasteiger charge is 2.38. The average molecular weight is 286 g/mol. The lowest BCUT2D eigenvalue weighted by molar-refractivity contribution is 0.0771. The van der Waals surface area contributed by atoms with Crippen LogP contribution in [0.1, 0.15) is 38.5 Å². The maximum absolute atomic E-state index is 4.39. The molecule has 0 amide bonds. The lowest BCUT2D eigenvalue weighted by atomic mass is 9.71. The highest BCUT2D eigenvalue weighted by Crippen LogP contribution is 2.42. The number of hydrogen-bond acceptors (Lipinski definition) is 4. The van der Waals surface area contributed by atoms with Crippen LogP contribution in [0.3, 0.4) is 0 Å². The van der Waals surface area contributed by atoms with Crippen molar-refractivity contribution >= 4 is 5.95 Å². The molecule has 114 valence electrons. The van der Waals surface area contributed by atoms with E-state index >= 15 is 0 Å². The molecule has 1 saturated carbocycles. The number of piperidine rings is 2. The summed E-state index contributed by atoms with van der Waals surface area (Å²) in [5.74, 6) is 1.95. The quantitative estimate of drug-likeness (QED) is 0.855. The standard InChI is InChI=1S/C17H26N4/c1-8-18-16(19-9-1)21-12-6-17(7-13-21)4-10-20(11-5-17)14-15-2-3-15/h1,8-9,15H,2-7,10-14H2. The monoisotopic (exact) mass is 286 g/mol. The zero-order valence-electron chi connectivity index (χ0n) is 12.9. The molecule has 0 unspecified atom stereocenters. The highest BCUT2D eigenvalue weighted by atomic mass is 15.3. The van der Waals surface area contributed by atoms with E-state index in [0.29, 0.717) is 5.41 Å². The topological polar surface area (TPSA) is 32.3 Å². The van der Waals surface area contributed by atoms with E-state index in [4.69, 9.17) is 0 Å². The summed E-state index contributed by atoms with van der Waals surface area (Å²) in [7, 11) is 0. The fraction of sp³-hybridized carbons (Fsp3) is 0.765. The minimum atomic E-state index is 0.616. The van der Waals surface area contributed by atoms with Crippen molar-refractivity contribution in [3.63, 3.8) is 0 Å². The predicted octanol–water partition coefficient (Wildman–Crippen LogP) is 2.57. The Hall–Kier alpha value is -1.16. The van der Waals surface area contributed by atoms with E-state index in [0.717, 1.165) is 25.0 Å². The van der Waals surface area contributed by atoms with Crippen molar-refractivity contribution in [2.24, 2.45) is 11.3 Å². The number of hydrogen-bond donors (Lipinski definition) is 0. The Kier molecular flexibility index (Phi) is 3.57. The molecular formula is C17H26N4. The van der Waals surface area contributed by atoms with Crippen LogP contribution >= 0.6 is 0 Å². The number of rotatable bonds is 3. The van der Waals surface area contributed by atoms with Gasteiger partial charge in [-0.3, -0.25) is 0 Å². The minimum absolute atomic E-state index is 0.616. The third-order valence-electron chi connectivity index (χ3n) is 5.79. The Balaban J connectivity index is 1.30. The molecule has 3 aliphatic rings. The summed E-state index contributed by atoms with van der Waals surface area (Å²) in [5, 5.41) is 0. The Morgan fingerprint density at radius 3 is 2.19 bits per heavy atom. The third kappa shape index (κ3) is 3.05. The zero-order chi connectivity index (χ0) is 14.1. The molecule has 2 aliphatic heterocycles. The average Bonchev–Trinajstić information content (AvgIpc) is 3.36. The van der Waals surface area contributed by atoms with Gasteiger partial charge in [-0.05, 0) is 69.0 Å². The van der Waals surface area contributed by atoms with Crippen molar-refractivity contribution < 1.29 is 0 Å². The predicted molar refractivity (Wildman–Crippen MR) is 84.3 cm³/mol. The van der Waals surface area contributed by atoms with Crippen LogP contribution in [0.15, 0.2) is 18.5 Å². The van der Waals surface area contributed by atoms with Crippen molar-refractivity contribution in [3.05, 3.63) is 18.5 Å². The summed E-state index contributed by atoms with van der Waals surface area (Å²) in [4.78, 5) is 13.9. The first-order valence-corrected chi connectivity index (χ1v) is 8.57. The summed E-state index contributed by atoms with van der Waals surface area (Å²) < 4.78 is 0. The second kappa shape index (κ2) is 5.56. The van der Waals surface area contributed by atoms with E-state index in [9.17, 15) is 0 Å². The van der Waals surface area contributed by atoms with Crippen LogP contribution in [0.25, 0.3) is 0 Å². The minimum Gasteiger partial charge on any atom is -0.341 e. The molecule has 0 atom stereocenters. The van der Waals surface area contributed by atoms with E-state index in [-0.39, 0.29) is 0 Å². The summed E-state index contributed by atoms with van der Waals surface area (Å²) in [5.41, 5.74) is 0.616. The first kappa shape index (κ1) is 13.5. The molecule has 0 aromatic carbocycles. The molecule has 21 heavy (non-hydrogen) atoms. The van der Waals surface area contributed by atoms with E-state index < -0.39 is 0 Å². The van der Waals surface area contributed by atoms with Crippen molar-refractivity contribution in [2.45, 2.75) is 38.5 Å². The molecular weight excluding hydrogens is 260 g/mol. The van der Waals surface area contributed by atoms with Gasteiger partial charge in [0.15, 0.2) is 0 Å². The second-order valence-electron chi connectivity index (χ2n) is 7.28. The number of aromatic nitrogens is 2. The van der Waals surface area contributed by atoms with Crippen LogP contribution in [0.5, 0.6) is 0 Å². The van der Waals surface area contributed by atoms with Gasteiger partial charge in [-0.1, -0.05) is 0 Å². The van der Waals surface area contributed by atoms with E-state index in [1.807, 2.05) is 18.5 Å². The largest absolute Gasteiger partial charge is 0.341 e. The second-order valence-corrected chi connectivity index (χ2v) is 7.28. The van der Waals surface area contributed by atoms with Gasteiger partial charge >= 0.3 is 0 Å². The lowest BCUT2D eigenvalue weighted by Crippen LogP contribution is -2.47. The Labute approximate surface area is 127 Å². The lowest BCUT2D eigenvalue weighted by Gasteiger charge is -2.47. The Morgan fingerprint density at radius 1 is 0.952 bits per heavy atom. The fourth-order valence-corrected chi connectivity index (χ4v) is 4.01. The van der Waals surface area contributed by atoms with Gasteiger partial charge in [0.25, 0.3) is 0 Å². The first-order valence-electron chi connectivity index (χ1n) is 8.57. The van der Waals surface area contributed by atoms with Crippen LogP contribution in [0, 0.1) is 11.3 Å². The Bertz CT molecular complexity index is 453. The summed E-state index contributed by atoms with van der Waals surface area (Å²) >= 11 is 0. The molecule has 1 aromatic heterocycles. The van der Waals surface area contributed by atoms with Crippen molar-refractivity contribution in [3.8, 4) is 0 Å². The van der Waals surface area contributed by atoms with Crippen LogP contribution in [-0.4, -0.2) is 47.6 Å². The molecule has 4 rings (SSSR count). The van der Waals surface area contributed by atoms with Gasteiger partial charge in [0, 0.05) is 32.0 Å². The van der Waals surface area contributed by atoms with Crippen LogP contribution < -0.4 is 4.90 Å². The van der Waals surface area contributed by atoms with Gasteiger partial charge in [0.1, 0.15) is 0 Å². The normalized spacial score (nSPS) is 26.2. The zero-order valence-corrected chi connectivity index (χ0v) is 12.9. The van der Waals surface area contributed by atoms with Gasteiger partial charge in [-0.2, -0.15) is 0 Å². The summed E-state index contributed by atoms with van der Waals surface area (Å²) in [6.45, 7) is 6.30. The van der Waals surface area contributed by atoms with Crippen molar-refractivity contribution in [1.82, 2.24) is 14.9 Å². The van der Waals surface area contributed by atoms with Gasteiger partial charge < -0.3 is 9.80 Å². The maximum Gasteiger partial charge on any atom is 0.225 e. The van der Waals surface area contributed by atoms with E-state index in [2.05, 4.69) is 19.8 Å². The molecule has 4 heteroatoms. The SMILES string of the molecule is c1cnc(N2CCC3(CCN(CC4CC4)CC3)CC2)nc1. The molecule has 0 radical (unpaired) electrons. The molecule has 0 N–H and O–H groups in total. The Morgan fingerprint density at radius 2 is 1.57 bits per heavy atom. The first-order chi connectivity index (χ1) is 10.3. The molecule has 1 aromatic rings. The van der Waals surface area contributed by atoms with Gasteiger partial charge in [-0.25, -0.2) is 9.97 Å². The molecule has 1 aliphatic carbocycles. The fourth-order valence-electron chi connectivity index (χ4n) is 4.01. The van der Waals surface area contributed by atoms with Gasteiger partial charge in [0.2, 0.25) is 5.95 Å². The molecule has 3 heterocycles. The molecule has 1 spiro atoms. The smallest absolute Gasteiger partial charge is 0.225 e. The molecule has 4 nitrogen and oxygen atoms in total. The maximum atomic E-state index is 4.39. The number of likely N-dealkylation sites (tertiary alicyclic amines) is 1. The third-order valence-corrected chi connectivity index (χ3v) is 5.79. The number of nitrogens with zero attached hydrogens (tertiary/aromatic N) is 4. The molecule has 0 bridgehead atoms. The summed E-state index contributed by atoms with van der Waals surface area (Å²) in [6.07, 6.45) is 12.1. The van der Waals surface area contributed by atoms with Crippen molar-refractivity contribution in [1.29, 1.82) is 0 Å². The highest BCUT2D eigenvalue weighted by molar-refractivity contribution is 5.29.